The van der Waals surface area contributed by atoms with Gasteiger partial charge in [0.05, 0.1) is 19.0 Å². The molecule has 5 heteroatoms. The van der Waals surface area contributed by atoms with Crippen molar-refractivity contribution in [2.45, 2.75) is 26.0 Å². The minimum Gasteiger partial charge on any atom is -0.496 e. The number of fused-ring (bicyclic) bond motifs is 1. The highest BCUT2D eigenvalue weighted by Gasteiger charge is 2.21. The first-order valence-electron chi connectivity index (χ1n) is 6.87. The quantitative estimate of drug-likeness (QED) is 0.875. The summed E-state index contributed by atoms with van der Waals surface area (Å²) < 4.78 is 11.3. The fourth-order valence-electron chi connectivity index (χ4n) is 2.49. The molecule has 0 spiro atoms. The van der Waals surface area contributed by atoms with Crippen LogP contribution in [0.4, 0.5) is 5.69 Å². The SMILES string of the molecule is COc1cc2c(cc1CNc1ccc(Cl)nc1)OC(C)C2. The van der Waals surface area contributed by atoms with E-state index >= 15 is 0 Å². The Morgan fingerprint density at radius 2 is 2.29 bits per heavy atom. The van der Waals surface area contributed by atoms with Crippen molar-refractivity contribution in [1.82, 2.24) is 4.98 Å². The summed E-state index contributed by atoms with van der Waals surface area (Å²) in [6.45, 7) is 2.71. The van der Waals surface area contributed by atoms with Gasteiger partial charge in [-0.3, -0.25) is 0 Å². The summed E-state index contributed by atoms with van der Waals surface area (Å²) in [7, 11) is 1.69. The summed E-state index contributed by atoms with van der Waals surface area (Å²) in [4.78, 5) is 4.05. The maximum atomic E-state index is 5.80. The third-order valence-corrected chi connectivity index (χ3v) is 3.73. The third-order valence-electron chi connectivity index (χ3n) is 3.51. The molecular formula is C16H17ClN2O2. The summed E-state index contributed by atoms with van der Waals surface area (Å²) in [5, 5.41) is 3.79. The zero-order valence-corrected chi connectivity index (χ0v) is 12.8. The van der Waals surface area contributed by atoms with E-state index in [4.69, 9.17) is 21.1 Å². The molecule has 110 valence electrons. The number of aromatic nitrogens is 1. The van der Waals surface area contributed by atoms with Crippen molar-refractivity contribution in [2.24, 2.45) is 0 Å². The number of nitrogens with zero attached hydrogens (tertiary/aromatic N) is 1. The number of methoxy groups -OCH3 is 1. The van der Waals surface area contributed by atoms with E-state index in [2.05, 4.69) is 23.3 Å². The van der Waals surface area contributed by atoms with Crippen LogP contribution in [0.2, 0.25) is 5.15 Å². The van der Waals surface area contributed by atoms with E-state index in [0.29, 0.717) is 11.7 Å². The van der Waals surface area contributed by atoms with E-state index in [1.807, 2.05) is 12.1 Å². The lowest BCUT2D eigenvalue weighted by Gasteiger charge is -2.12. The van der Waals surface area contributed by atoms with Crippen LogP contribution >= 0.6 is 11.6 Å². The number of rotatable bonds is 4. The molecular weight excluding hydrogens is 288 g/mol. The molecule has 0 saturated carbocycles. The number of ether oxygens (including phenoxy) is 2. The number of hydrogen-bond acceptors (Lipinski definition) is 4. The standard InChI is InChI=1S/C16H17ClN2O2/c1-10-5-11-6-14(20-2)12(7-15(11)21-10)8-18-13-3-4-16(17)19-9-13/h3-4,6-7,9-10,18H,5,8H2,1-2H3. The maximum absolute atomic E-state index is 5.80. The molecule has 1 aliphatic heterocycles. The van der Waals surface area contributed by atoms with Crippen LogP contribution in [0, 0.1) is 0 Å². The van der Waals surface area contributed by atoms with Gasteiger partial charge < -0.3 is 14.8 Å². The van der Waals surface area contributed by atoms with Gasteiger partial charge in [0.1, 0.15) is 22.8 Å². The summed E-state index contributed by atoms with van der Waals surface area (Å²) in [5.74, 6) is 1.83. The second-order valence-corrected chi connectivity index (χ2v) is 5.51. The number of benzene rings is 1. The first-order chi connectivity index (χ1) is 10.2. The molecule has 1 aliphatic rings. The van der Waals surface area contributed by atoms with E-state index in [1.165, 1.54) is 5.56 Å². The number of halogens is 1. The molecule has 0 aliphatic carbocycles. The van der Waals surface area contributed by atoms with Crippen molar-refractivity contribution in [3.63, 3.8) is 0 Å². The van der Waals surface area contributed by atoms with Gasteiger partial charge in [-0.25, -0.2) is 4.98 Å². The number of anilines is 1. The second kappa shape index (κ2) is 5.82. The van der Waals surface area contributed by atoms with Crippen LogP contribution in [0.5, 0.6) is 11.5 Å². The number of nitrogens with one attached hydrogen (secondary N) is 1. The van der Waals surface area contributed by atoms with Crippen LogP contribution in [0.25, 0.3) is 0 Å². The summed E-state index contributed by atoms with van der Waals surface area (Å²) in [6, 6.07) is 7.77. The lowest BCUT2D eigenvalue weighted by atomic mass is 10.1. The average molecular weight is 305 g/mol. The molecule has 1 aromatic heterocycles. The Morgan fingerprint density at radius 1 is 1.43 bits per heavy atom. The Bertz CT molecular complexity index is 643. The Morgan fingerprint density at radius 3 is 3.00 bits per heavy atom. The fourth-order valence-corrected chi connectivity index (χ4v) is 2.60. The predicted octanol–water partition coefficient (Wildman–Crippen LogP) is 3.68. The van der Waals surface area contributed by atoms with Gasteiger partial charge in [0.2, 0.25) is 0 Å². The monoisotopic (exact) mass is 304 g/mol. The van der Waals surface area contributed by atoms with Crippen molar-refractivity contribution in [3.05, 3.63) is 46.7 Å². The number of hydrogen-bond donors (Lipinski definition) is 1. The molecule has 0 amide bonds. The topological polar surface area (TPSA) is 43.4 Å². The van der Waals surface area contributed by atoms with Crippen molar-refractivity contribution >= 4 is 17.3 Å². The molecule has 0 radical (unpaired) electrons. The van der Waals surface area contributed by atoms with Crippen molar-refractivity contribution < 1.29 is 9.47 Å². The molecule has 0 bridgehead atoms. The zero-order valence-electron chi connectivity index (χ0n) is 12.0. The van der Waals surface area contributed by atoms with Gasteiger partial charge in [-0.15, -0.1) is 0 Å². The van der Waals surface area contributed by atoms with E-state index in [-0.39, 0.29) is 6.10 Å². The first-order valence-corrected chi connectivity index (χ1v) is 7.25. The van der Waals surface area contributed by atoms with Gasteiger partial charge in [-0.05, 0) is 31.2 Å². The molecule has 4 nitrogen and oxygen atoms in total. The van der Waals surface area contributed by atoms with Crippen LogP contribution in [0.3, 0.4) is 0 Å². The molecule has 3 rings (SSSR count). The maximum Gasteiger partial charge on any atom is 0.129 e. The van der Waals surface area contributed by atoms with Crippen molar-refractivity contribution in [2.75, 3.05) is 12.4 Å². The molecule has 21 heavy (non-hydrogen) atoms. The van der Waals surface area contributed by atoms with E-state index in [9.17, 15) is 0 Å². The highest BCUT2D eigenvalue weighted by molar-refractivity contribution is 6.29. The van der Waals surface area contributed by atoms with Crippen LogP contribution < -0.4 is 14.8 Å². The number of pyridine rings is 1. The van der Waals surface area contributed by atoms with Gasteiger partial charge in [0.25, 0.3) is 0 Å². The molecule has 0 fully saturated rings. The van der Waals surface area contributed by atoms with Crippen LogP contribution in [-0.4, -0.2) is 18.2 Å². The molecule has 1 atom stereocenters. The molecule has 2 heterocycles. The van der Waals surface area contributed by atoms with Gasteiger partial charge in [-0.1, -0.05) is 11.6 Å². The lowest BCUT2D eigenvalue weighted by Crippen LogP contribution is -2.05. The van der Waals surface area contributed by atoms with E-state index < -0.39 is 0 Å². The molecule has 2 aromatic rings. The van der Waals surface area contributed by atoms with Crippen LogP contribution in [0.15, 0.2) is 30.5 Å². The molecule has 0 saturated heterocycles. The Balaban J connectivity index is 1.78. The van der Waals surface area contributed by atoms with Gasteiger partial charge in [0, 0.05) is 24.1 Å². The highest BCUT2D eigenvalue weighted by Crippen LogP contribution is 2.35. The van der Waals surface area contributed by atoms with Crippen LogP contribution in [-0.2, 0) is 13.0 Å². The van der Waals surface area contributed by atoms with Crippen molar-refractivity contribution in [3.8, 4) is 11.5 Å². The fraction of sp³-hybridized carbons (Fsp3) is 0.312. The Labute approximate surface area is 129 Å². The smallest absolute Gasteiger partial charge is 0.129 e. The van der Waals surface area contributed by atoms with Crippen LogP contribution in [0.1, 0.15) is 18.1 Å². The minimum absolute atomic E-state index is 0.230. The third kappa shape index (κ3) is 3.05. The molecule has 1 aromatic carbocycles. The normalized spacial score (nSPS) is 16.2. The molecule has 1 unspecified atom stereocenters. The highest BCUT2D eigenvalue weighted by atomic mass is 35.5. The zero-order chi connectivity index (χ0) is 14.8. The van der Waals surface area contributed by atoms with E-state index in [0.717, 1.165) is 29.2 Å². The molecule has 1 N–H and O–H groups in total. The minimum atomic E-state index is 0.230. The summed E-state index contributed by atoms with van der Waals surface area (Å²) in [5.41, 5.74) is 3.17. The van der Waals surface area contributed by atoms with Gasteiger partial charge in [0.15, 0.2) is 0 Å². The Kier molecular flexibility index (Phi) is 3.88. The summed E-state index contributed by atoms with van der Waals surface area (Å²) in [6.07, 6.45) is 2.87. The predicted molar refractivity (Wildman–Crippen MR) is 83.4 cm³/mol. The lowest BCUT2D eigenvalue weighted by molar-refractivity contribution is 0.254. The Hall–Kier alpha value is -1.94. The van der Waals surface area contributed by atoms with Gasteiger partial charge >= 0.3 is 0 Å². The van der Waals surface area contributed by atoms with Gasteiger partial charge in [-0.2, -0.15) is 0 Å². The average Bonchev–Trinajstić information content (AvgIpc) is 2.84. The van der Waals surface area contributed by atoms with E-state index in [1.54, 1.807) is 19.4 Å². The largest absolute Gasteiger partial charge is 0.496 e. The van der Waals surface area contributed by atoms with Crippen molar-refractivity contribution in [1.29, 1.82) is 0 Å². The first kappa shape index (κ1) is 14.0. The summed E-state index contributed by atoms with van der Waals surface area (Å²) >= 11 is 5.78. The second-order valence-electron chi connectivity index (χ2n) is 5.13.